The number of ether oxygens (including phenoxy) is 2. The van der Waals surface area contributed by atoms with Crippen LogP contribution >= 0.6 is 11.3 Å². The highest BCUT2D eigenvalue weighted by molar-refractivity contribution is 7.17. The van der Waals surface area contributed by atoms with Crippen LogP contribution in [0.15, 0.2) is 52.9 Å². The topological polar surface area (TPSA) is 73.7 Å². The molecule has 182 valence electrons. The number of benzene rings is 2. The zero-order valence-corrected chi connectivity index (χ0v) is 21.4. The molecule has 0 bridgehead atoms. The van der Waals surface area contributed by atoms with Crippen molar-refractivity contribution >= 4 is 27.5 Å². The normalized spacial score (nSPS) is 11.0. The second-order valence-electron chi connectivity index (χ2n) is 8.40. The second-order valence-corrected chi connectivity index (χ2v) is 9.26. The summed E-state index contributed by atoms with van der Waals surface area (Å²) >= 11 is 1.44. The largest absolute Gasteiger partial charge is 0.493 e. The third-order valence-corrected chi connectivity index (χ3v) is 7.13. The summed E-state index contributed by atoms with van der Waals surface area (Å²) < 4.78 is 12.1. The summed E-state index contributed by atoms with van der Waals surface area (Å²) in [5.41, 5.74) is 4.89. The van der Waals surface area contributed by atoms with Crippen LogP contribution in [-0.4, -0.2) is 41.1 Å². The maximum Gasteiger partial charge on any atom is 0.263 e. The van der Waals surface area contributed by atoms with Crippen molar-refractivity contribution in [1.82, 2.24) is 14.5 Å². The number of carbonyl (C=O) groups is 1. The van der Waals surface area contributed by atoms with E-state index in [0.717, 1.165) is 22.3 Å². The van der Waals surface area contributed by atoms with Crippen molar-refractivity contribution in [2.24, 2.45) is 0 Å². The molecule has 0 aliphatic rings. The molecule has 0 atom stereocenters. The maximum atomic E-state index is 13.4. The molecule has 2 aromatic carbocycles. The number of nitrogens with zero attached hydrogens (tertiary/aromatic N) is 3. The van der Waals surface area contributed by atoms with Gasteiger partial charge in [0.25, 0.3) is 5.56 Å². The molecule has 0 saturated heterocycles. The van der Waals surface area contributed by atoms with Crippen LogP contribution in [0.3, 0.4) is 0 Å². The first kappa shape index (κ1) is 24.5. The number of aromatic nitrogens is 2. The average Bonchev–Trinajstić information content (AvgIpc) is 3.30. The molecule has 2 aromatic heterocycles. The molecule has 0 aliphatic carbocycles. The number of thiophene rings is 1. The molecule has 0 unspecified atom stereocenters. The molecule has 2 heterocycles. The third kappa shape index (κ3) is 4.93. The Kier molecular flexibility index (Phi) is 7.21. The molecular formula is C27H29N3O4S. The fourth-order valence-electron chi connectivity index (χ4n) is 4.02. The van der Waals surface area contributed by atoms with Gasteiger partial charge in [-0.25, -0.2) is 4.98 Å². The first-order valence-electron chi connectivity index (χ1n) is 11.4. The van der Waals surface area contributed by atoms with Gasteiger partial charge in [0.2, 0.25) is 5.91 Å². The van der Waals surface area contributed by atoms with E-state index in [1.165, 1.54) is 27.8 Å². The molecule has 0 fully saturated rings. The SMILES string of the molecule is CCN(Cc1ccc(OC)c(OC)c1)C(=O)Cn1cnc2scc(-c3ccc(C)c(C)c3)c2c1=O. The number of methoxy groups -OCH3 is 2. The predicted octanol–water partition coefficient (Wildman–Crippen LogP) is 4.81. The number of rotatable bonds is 8. The summed E-state index contributed by atoms with van der Waals surface area (Å²) in [5, 5.41) is 2.52. The van der Waals surface area contributed by atoms with Crippen LogP contribution in [0.5, 0.6) is 11.5 Å². The molecular weight excluding hydrogens is 462 g/mol. The van der Waals surface area contributed by atoms with E-state index in [4.69, 9.17) is 9.47 Å². The first-order valence-corrected chi connectivity index (χ1v) is 12.3. The van der Waals surface area contributed by atoms with E-state index in [-0.39, 0.29) is 18.0 Å². The van der Waals surface area contributed by atoms with E-state index >= 15 is 0 Å². The van der Waals surface area contributed by atoms with E-state index in [2.05, 4.69) is 31.0 Å². The van der Waals surface area contributed by atoms with Crippen molar-refractivity contribution in [1.29, 1.82) is 0 Å². The van der Waals surface area contributed by atoms with Gasteiger partial charge >= 0.3 is 0 Å². The summed E-state index contributed by atoms with van der Waals surface area (Å²) in [6.07, 6.45) is 1.47. The summed E-state index contributed by atoms with van der Waals surface area (Å²) in [6, 6.07) is 11.7. The monoisotopic (exact) mass is 491 g/mol. The average molecular weight is 492 g/mol. The number of hydrogen-bond acceptors (Lipinski definition) is 6. The smallest absolute Gasteiger partial charge is 0.263 e. The van der Waals surface area contributed by atoms with Crippen molar-refractivity contribution in [3.05, 3.63) is 75.1 Å². The van der Waals surface area contributed by atoms with Gasteiger partial charge in [0, 0.05) is 24.0 Å². The van der Waals surface area contributed by atoms with Crippen LogP contribution < -0.4 is 15.0 Å². The van der Waals surface area contributed by atoms with Crippen LogP contribution in [0.25, 0.3) is 21.3 Å². The van der Waals surface area contributed by atoms with Gasteiger partial charge in [-0.2, -0.15) is 0 Å². The standard InChI is InChI=1S/C27H29N3O4S/c1-6-29(13-19-8-10-22(33-4)23(12-19)34-5)24(31)14-30-16-28-26-25(27(30)32)21(15-35-26)20-9-7-17(2)18(3)11-20/h7-12,15-16H,6,13-14H2,1-5H3. The molecule has 0 spiro atoms. The first-order chi connectivity index (χ1) is 16.9. The number of likely N-dealkylation sites (N-methyl/N-ethyl adjacent to an activating group) is 1. The van der Waals surface area contributed by atoms with Crippen LogP contribution in [0.4, 0.5) is 0 Å². The Hall–Kier alpha value is -3.65. The van der Waals surface area contributed by atoms with E-state index in [0.29, 0.717) is 34.8 Å². The molecule has 0 saturated carbocycles. The Morgan fingerprint density at radius 1 is 1.06 bits per heavy atom. The van der Waals surface area contributed by atoms with E-state index in [1.807, 2.05) is 36.6 Å². The van der Waals surface area contributed by atoms with E-state index in [1.54, 1.807) is 19.1 Å². The molecule has 0 aliphatic heterocycles. The number of amides is 1. The van der Waals surface area contributed by atoms with Crippen LogP contribution in [0.2, 0.25) is 0 Å². The zero-order valence-electron chi connectivity index (χ0n) is 20.6. The zero-order chi connectivity index (χ0) is 25.1. The van der Waals surface area contributed by atoms with Gasteiger partial charge in [-0.05, 0) is 55.2 Å². The third-order valence-electron chi connectivity index (χ3n) is 6.24. The lowest BCUT2D eigenvalue weighted by atomic mass is 10.0. The summed E-state index contributed by atoms with van der Waals surface area (Å²) in [6.45, 7) is 6.86. The van der Waals surface area contributed by atoms with Crippen LogP contribution in [-0.2, 0) is 17.9 Å². The fourth-order valence-corrected chi connectivity index (χ4v) is 4.93. The van der Waals surface area contributed by atoms with Gasteiger partial charge in [-0.1, -0.05) is 24.3 Å². The van der Waals surface area contributed by atoms with Crippen molar-refractivity contribution < 1.29 is 14.3 Å². The molecule has 0 radical (unpaired) electrons. The fraction of sp³-hybridized carbons (Fsp3) is 0.296. The van der Waals surface area contributed by atoms with Crippen molar-refractivity contribution in [3.8, 4) is 22.6 Å². The van der Waals surface area contributed by atoms with Gasteiger partial charge in [-0.3, -0.25) is 14.2 Å². The predicted molar refractivity (Wildman–Crippen MR) is 139 cm³/mol. The van der Waals surface area contributed by atoms with Gasteiger partial charge in [0.15, 0.2) is 11.5 Å². The molecule has 7 nitrogen and oxygen atoms in total. The summed E-state index contributed by atoms with van der Waals surface area (Å²) in [5.74, 6) is 1.08. The Morgan fingerprint density at radius 3 is 2.51 bits per heavy atom. The molecule has 0 N–H and O–H groups in total. The minimum absolute atomic E-state index is 0.0783. The van der Waals surface area contributed by atoms with Crippen LogP contribution in [0.1, 0.15) is 23.6 Å². The maximum absolute atomic E-state index is 13.4. The van der Waals surface area contributed by atoms with Gasteiger partial charge in [-0.15, -0.1) is 11.3 Å². The second kappa shape index (κ2) is 10.3. The Bertz CT molecular complexity index is 1440. The Morgan fingerprint density at radius 2 is 1.83 bits per heavy atom. The molecule has 4 aromatic rings. The van der Waals surface area contributed by atoms with Gasteiger partial charge in [0.05, 0.1) is 25.9 Å². The molecule has 1 amide bonds. The van der Waals surface area contributed by atoms with E-state index < -0.39 is 0 Å². The lowest BCUT2D eigenvalue weighted by molar-refractivity contribution is -0.132. The van der Waals surface area contributed by atoms with Gasteiger partial charge in [0.1, 0.15) is 11.4 Å². The highest BCUT2D eigenvalue weighted by atomic mass is 32.1. The van der Waals surface area contributed by atoms with Gasteiger partial charge < -0.3 is 14.4 Å². The number of hydrogen-bond donors (Lipinski definition) is 0. The number of fused-ring (bicyclic) bond motifs is 1. The Labute approximate surface area is 208 Å². The summed E-state index contributed by atoms with van der Waals surface area (Å²) in [4.78, 5) is 33.4. The van der Waals surface area contributed by atoms with Crippen molar-refractivity contribution in [2.45, 2.75) is 33.9 Å². The van der Waals surface area contributed by atoms with Crippen LogP contribution in [0, 0.1) is 13.8 Å². The highest BCUT2D eigenvalue weighted by Gasteiger charge is 2.18. The lowest BCUT2D eigenvalue weighted by Crippen LogP contribution is -2.36. The van der Waals surface area contributed by atoms with E-state index in [9.17, 15) is 9.59 Å². The number of aryl methyl sites for hydroxylation is 2. The minimum atomic E-state index is -0.208. The highest BCUT2D eigenvalue weighted by Crippen LogP contribution is 2.32. The number of carbonyl (C=O) groups excluding carboxylic acids is 1. The lowest BCUT2D eigenvalue weighted by Gasteiger charge is -2.22. The minimum Gasteiger partial charge on any atom is -0.493 e. The quantitative estimate of drug-likeness (QED) is 0.354. The molecule has 35 heavy (non-hydrogen) atoms. The molecule has 4 rings (SSSR count). The van der Waals surface area contributed by atoms with Crippen molar-refractivity contribution in [2.75, 3.05) is 20.8 Å². The van der Waals surface area contributed by atoms with Crippen molar-refractivity contribution in [3.63, 3.8) is 0 Å². The molecule has 8 heteroatoms. The summed E-state index contributed by atoms with van der Waals surface area (Å²) in [7, 11) is 3.16. The Balaban J connectivity index is 1.61.